The molecule has 53 heavy (non-hydrogen) atoms. The van der Waals surface area contributed by atoms with E-state index < -0.39 is 0 Å². The third kappa shape index (κ3) is 7.25. The van der Waals surface area contributed by atoms with E-state index in [1.807, 2.05) is 17.8 Å². The van der Waals surface area contributed by atoms with E-state index in [1.54, 1.807) is 0 Å². The van der Waals surface area contributed by atoms with Crippen LogP contribution in [0.25, 0.3) is 0 Å². The molecular formula is C50H58B2S. The summed E-state index contributed by atoms with van der Waals surface area (Å²) >= 11 is 1.84. The van der Waals surface area contributed by atoms with Crippen molar-refractivity contribution in [1.29, 1.82) is 0 Å². The van der Waals surface area contributed by atoms with E-state index in [0.717, 1.165) is 56.0 Å². The summed E-state index contributed by atoms with van der Waals surface area (Å²) in [4.78, 5) is 1.32. The fourth-order valence-corrected chi connectivity index (χ4v) is 10.9. The second kappa shape index (κ2) is 16.1. The molecule has 0 nitrogen and oxygen atoms in total. The summed E-state index contributed by atoms with van der Waals surface area (Å²) in [5, 5.41) is 0.00551. The number of benzene rings is 1. The zero-order chi connectivity index (χ0) is 38.1. The summed E-state index contributed by atoms with van der Waals surface area (Å²) < 4.78 is 0. The lowest BCUT2D eigenvalue weighted by molar-refractivity contribution is 0.424. The Morgan fingerprint density at radius 1 is 0.981 bits per heavy atom. The average molecular weight is 713 g/mol. The molecular weight excluding hydrogens is 654 g/mol. The number of thioether (sulfide) groups is 1. The number of allylic oxidation sites excluding steroid dienone is 21. The van der Waals surface area contributed by atoms with Crippen LogP contribution in [-0.4, -0.2) is 20.8 Å². The van der Waals surface area contributed by atoms with E-state index in [0.29, 0.717) is 5.92 Å². The molecule has 3 heteroatoms. The lowest BCUT2D eigenvalue weighted by Gasteiger charge is -2.44. The van der Waals surface area contributed by atoms with Gasteiger partial charge in [0, 0.05) is 21.7 Å². The molecule has 1 aliphatic heterocycles. The Hall–Kier alpha value is -3.42. The van der Waals surface area contributed by atoms with E-state index in [2.05, 4.69) is 140 Å². The van der Waals surface area contributed by atoms with E-state index in [4.69, 9.17) is 22.3 Å². The first-order valence-corrected chi connectivity index (χ1v) is 20.8. The van der Waals surface area contributed by atoms with Gasteiger partial charge in [-0.25, -0.2) is 0 Å². The molecule has 0 saturated heterocycles. The molecule has 0 bridgehead atoms. The molecule has 4 radical (unpaired) electrons. The van der Waals surface area contributed by atoms with Gasteiger partial charge < -0.3 is 0 Å². The summed E-state index contributed by atoms with van der Waals surface area (Å²) in [7, 11) is 13.9. The monoisotopic (exact) mass is 712 g/mol. The lowest BCUT2D eigenvalue weighted by atomic mass is 9.58. The van der Waals surface area contributed by atoms with Gasteiger partial charge in [0.05, 0.1) is 7.85 Å². The van der Waals surface area contributed by atoms with Crippen LogP contribution >= 0.6 is 11.8 Å². The quantitative estimate of drug-likeness (QED) is 0.140. The standard InChI is InChI=1S/C50H58B2S/c1-10-12-42(51)30-45-38(9)43-29-36(7)48-46(31-47(52)53-48)49(37(8)20-13-32(3)11-2,39-21-14-33(4)15-22-39)28-27-44(43)50(45,40-23-16-34(5)17-24-40)41-25-18-35(6)19-26-41/h11,13-14,16-25,27,30,33,41,43,47H,2,7,10,12,15,26,28-29,31H2,1,3-6,8-9H3/b32-13-,37-20+,42-30+,44-27?. The van der Waals surface area contributed by atoms with Crippen molar-refractivity contribution in [3.63, 3.8) is 0 Å². The maximum Gasteiger partial charge on any atom is 0.107 e. The van der Waals surface area contributed by atoms with Gasteiger partial charge in [-0.15, -0.1) is 17.2 Å². The van der Waals surface area contributed by atoms with Crippen LogP contribution in [0, 0.1) is 30.1 Å². The zero-order valence-corrected chi connectivity index (χ0v) is 34.2. The van der Waals surface area contributed by atoms with Gasteiger partial charge in [-0.3, -0.25) is 0 Å². The first-order valence-electron chi connectivity index (χ1n) is 19.9. The number of fused-ring (bicyclic) bond motifs is 1. The summed E-state index contributed by atoms with van der Waals surface area (Å²) in [5.74, 6) is 0.935. The summed E-state index contributed by atoms with van der Waals surface area (Å²) in [6.07, 6.45) is 32.7. The second-order valence-corrected chi connectivity index (χ2v) is 17.6. The van der Waals surface area contributed by atoms with Gasteiger partial charge in [-0.1, -0.05) is 158 Å². The van der Waals surface area contributed by atoms with Crippen molar-refractivity contribution < 1.29 is 0 Å². The van der Waals surface area contributed by atoms with E-state index in [1.165, 1.54) is 60.6 Å². The third-order valence-corrected chi connectivity index (χ3v) is 13.9. The SMILES string of the molecule is [B]/C(=C/C1=C(C)C2CC(=C)C3=C(CC([B])S3)C(C3=CCC(C)C=C3)(/C(C)=C/C=C(/C)C=C)CC=C2C1(c1ccc(C)cc1)C1C=CC(C)=CC1)CCC. The molecule has 0 amide bonds. The Morgan fingerprint density at radius 3 is 2.38 bits per heavy atom. The fraction of sp³-hybridized carbons (Fsp3) is 0.400. The van der Waals surface area contributed by atoms with Gasteiger partial charge in [-0.05, 0) is 118 Å². The molecule has 5 aliphatic rings. The second-order valence-electron chi connectivity index (χ2n) is 16.4. The molecule has 0 fully saturated rings. The highest BCUT2D eigenvalue weighted by molar-refractivity contribution is 8.05. The molecule has 270 valence electrons. The summed E-state index contributed by atoms with van der Waals surface area (Å²) in [5.41, 5.74) is 15.0. The molecule has 6 atom stereocenters. The fourth-order valence-electron chi connectivity index (χ4n) is 9.70. The van der Waals surface area contributed by atoms with Crippen molar-refractivity contribution in [3.8, 4) is 0 Å². The number of hydrogen-bond donors (Lipinski definition) is 0. The van der Waals surface area contributed by atoms with Crippen molar-refractivity contribution in [3.05, 3.63) is 176 Å². The molecule has 1 heterocycles. The Morgan fingerprint density at radius 2 is 1.74 bits per heavy atom. The highest BCUT2D eigenvalue weighted by atomic mass is 32.2. The van der Waals surface area contributed by atoms with Gasteiger partial charge in [0.15, 0.2) is 0 Å². The minimum atomic E-state index is -0.388. The van der Waals surface area contributed by atoms with Crippen LogP contribution in [0.3, 0.4) is 0 Å². The molecule has 1 aromatic carbocycles. The van der Waals surface area contributed by atoms with Gasteiger partial charge in [-0.2, -0.15) is 0 Å². The molecule has 0 N–H and O–H groups in total. The van der Waals surface area contributed by atoms with Crippen LogP contribution in [-0.2, 0) is 5.41 Å². The van der Waals surface area contributed by atoms with Crippen molar-refractivity contribution in [2.24, 2.45) is 23.2 Å². The molecule has 0 aromatic heterocycles. The first kappa shape index (κ1) is 39.3. The van der Waals surface area contributed by atoms with Gasteiger partial charge in [0.25, 0.3) is 0 Å². The number of hydrogen-bond acceptors (Lipinski definition) is 1. The van der Waals surface area contributed by atoms with Gasteiger partial charge >= 0.3 is 0 Å². The minimum absolute atomic E-state index is 0.00551. The highest BCUT2D eigenvalue weighted by Gasteiger charge is 2.54. The van der Waals surface area contributed by atoms with Gasteiger partial charge in [0.2, 0.25) is 0 Å². The maximum atomic E-state index is 6.95. The van der Waals surface area contributed by atoms with Crippen molar-refractivity contribution in [2.75, 3.05) is 0 Å². The topological polar surface area (TPSA) is 0 Å². The van der Waals surface area contributed by atoms with Crippen LogP contribution < -0.4 is 0 Å². The van der Waals surface area contributed by atoms with Crippen LogP contribution in [0.5, 0.6) is 0 Å². The van der Waals surface area contributed by atoms with Crippen molar-refractivity contribution in [1.82, 2.24) is 0 Å². The summed E-state index contributed by atoms with van der Waals surface area (Å²) in [6, 6.07) is 9.41. The predicted molar refractivity (Wildman–Crippen MR) is 235 cm³/mol. The van der Waals surface area contributed by atoms with Crippen molar-refractivity contribution >= 4 is 27.5 Å². The van der Waals surface area contributed by atoms with Crippen LogP contribution in [0.4, 0.5) is 0 Å². The predicted octanol–water partition coefficient (Wildman–Crippen LogP) is 13.3. The van der Waals surface area contributed by atoms with E-state index in [9.17, 15) is 0 Å². The van der Waals surface area contributed by atoms with Gasteiger partial charge in [0.1, 0.15) is 7.85 Å². The van der Waals surface area contributed by atoms with E-state index >= 15 is 0 Å². The van der Waals surface area contributed by atoms with Crippen LogP contribution in [0.15, 0.2) is 165 Å². The van der Waals surface area contributed by atoms with Crippen LogP contribution in [0.2, 0.25) is 0 Å². The summed E-state index contributed by atoms with van der Waals surface area (Å²) in [6.45, 7) is 24.8. The smallest absolute Gasteiger partial charge is 0.107 e. The number of aryl methyl sites for hydroxylation is 1. The van der Waals surface area contributed by atoms with Crippen molar-refractivity contribution in [2.45, 2.75) is 104 Å². The highest BCUT2D eigenvalue weighted by Crippen LogP contribution is 2.64. The Balaban J connectivity index is 1.72. The number of rotatable bonds is 9. The Bertz CT molecular complexity index is 1960. The zero-order valence-electron chi connectivity index (χ0n) is 33.4. The molecule has 6 rings (SSSR count). The Kier molecular flexibility index (Phi) is 12.0. The van der Waals surface area contributed by atoms with Crippen LogP contribution in [0.1, 0.15) is 97.6 Å². The molecule has 4 aliphatic carbocycles. The third-order valence-electron chi connectivity index (χ3n) is 12.7. The van der Waals surface area contributed by atoms with E-state index in [-0.39, 0.29) is 27.8 Å². The Labute approximate surface area is 329 Å². The minimum Gasteiger partial charge on any atom is -0.132 e. The maximum absolute atomic E-state index is 6.95. The largest absolute Gasteiger partial charge is 0.132 e. The molecule has 6 unspecified atom stereocenters. The lowest BCUT2D eigenvalue weighted by Crippen LogP contribution is -2.38. The normalized spacial score (nSPS) is 31.0. The molecule has 1 aromatic rings. The average Bonchev–Trinajstić information content (AvgIpc) is 3.65. The molecule has 0 saturated carbocycles. The first-order chi connectivity index (χ1) is 25.4. The molecule has 0 spiro atoms.